The van der Waals surface area contributed by atoms with Gasteiger partial charge in [-0.15, -0.1) is 21.5 Å². The Morgan fingerprint density at radius 1 is 1.06 bits per heavy atom. The fourth-order valence-electron chi connectivity index (χ4n) is 1.62. The van der Waals surface area contributed by atoms with Gasteiger partial charge in [-0.2, -0.15) is 0 Å². The highest BCUT2D eigenvalue weighted by atomic mass is 32.1. The first-order chi connectivity index (χ1) is 8.33. The van der Waals surface area contributed by atoms with Gasteiger partial charge in [0, 0.05) is 5.56 Å². The largest absolute Gasteiger partial charge is 0.415 e. The highest BCUT2D eigenvalue weighted by Gasteiger charge is 2.10. The van der Waals surface area contributed by atoms with Crippen LogP contribution in [0.1, 0.15) is 5.56 Å². The molecule has 0 aliphatic heterocycles. The van der Waals surface area contributed by atoms with Crippen LogP contribution in [0, 0.1) is 6.92 Å². The van der Waals surface area contributed by atoms with Crippen LogP contribution < -0.4 is 0 Å². The lowest BCUT2D eigenvalue weighted by atomic mass is 10.1. The summed E-state index contributed by atoms with van der Waals surface area (Å²) in [7, 11) is 0. The maximum absolute atomic E-state index is 5.66. The number of hydrogen-bond acceptors (Lipinski definition) is 4. The van der Waals surface area contributed by atoms with Crippen molar-refractivity contribution in [3.8, 4) is 22.2 Å². The van der Waals surface area contributed by atoms with Gasteiger partial charge in [0.15, 0.2) is 0 Å². The van der Waals surface area contributed by atoms with Crippen LogP contribution in [-0.4, -0.2) is 10.2 Å². The van der Waals surface area contributed by atoms with Crippen LogP contribution in [0.5, 0.6) is 0 Å². The molecule has 84 valence electrons. The van der Waals surface area contributed by atoms with E-state index >= 15 is 0 Å². The van der Waals surface area contributed by atoms with Crippen molar-refractivity contribution in [2.24, 2.45) is 0 Å². The topological polar surface area (TPSA) is 38.9 Å². The second kappa shape index (κ2) is 4.14. The average molecular weight is 242 g/mol. The molecule has 0 unspecified atom stereocenters. The van der Waals surface area contributed by atoms with E-state index in [1.54, 1.807) is 11.3 Å². The second-order valence-corrected chi connectivity index (χ2v) is 4.71. The molecular formula is C13H10N2OS. The number of thiophene rings is 1. The summed E-state index contributed by atoms with van der Waals surface area (Å²) in [4.78, 5) is 0.997. The molecule has 3 nitrogen and oxygen atoms in total. The minimum Gasteiger partial charge on any atom is -0.415 e. The SMILES string of the molecule is Cc1cccc(-c2nnc(-c3cccs3)o2)c1. The van der Waals surface area contributed by atoms with Gasteiger partial charge < -0.3 is 4.42 Å². The van der Waals surface area contributed by atoms with Gasteiger partial charge in [-0.1, -0.05) is 23.8 Å². The minimum atomic E-state index is 0.567. The van der Waals surface area contributed by atoms with Gasteiger partial charge in [-0.05, 0) is 30.5 Å². The number of aromatic nitrogens is 2. The van der Waals surface area contributed by atoms with E-state index in [1.807, 2.05) is 48.7 Å². The Labute approximate surface area is 103 Å². The molecule has 0 N–H and O–H groups in total. The van der Waals surface area contributed by atoms with Crippen molar-refractivity contribution in [2.75, 3.05) is 0 Å². The predicted molar refractivity (Wildman–Crippen MR) is 67.8 cm³/mol. The molecule has 0 spiro atoms. The second-order valence-electron chi connectivity index (χ2n) is 3.76. The number of nitrogens with zero attached hydrogens (tertiary/aromatic N) is 2. The molecule has 3 rings (SSSR count). The van der Waals surface area contributed by atoms with E-state index in [4.69, 9.17) is 4.42 Å². The van der Waals surface area contributed by atoms with Gasteiger partial charge in [0.1, 0.15) is 0 Å². The van der Waals surface area contributed by atoms with Crippen molar-refractivity contribution >= 4 is 11.3 Å². The van der Waals surface area contributed by atoms with Crippen molar-refractivity contribution in [1.82, 2.24) is 10.2 Å². The molecule has 0 saturated carbocycles. The molecule has 2 aromatic heterocycles. The molecule has 0 bridgehead atoms. The van der Waals surface area contributed by atoms with Gasteiger partial charge >= 0.3 is 0 Å². The highest BCUT2D eigenvalue weighted by Crippen LogP contribution is 2.27. The first-order valence-electron chi connectivity index (χ1n) is 5.27. The molecule has 0 fully saturated rings. The van der Waals surface area contributed by atoms with Crippen LogP contribution in [0.4, 0.5) is 0 Å². The van der Waals surface area contributed by atoms with Crippen molar-refractivity contribution in [2.45, 2.75) is 6.92 Å². The molecule has 0 atom stereocenters. The summed E-state index contributed by atoms with van der Waals surface area (Å²) in [5, 5.41) is 10.1. The van der Waals surface area contributed by atoms with E-state index in [1.165, 1.54) is 5.56 Å². The summed E-state index contributed by atoms with van der Waals surface area (Å²) in [6, 6.07) is 12.0. The Hall–Kier alpha value is -1.94. The van der Waals surface area contributed by atoms with E-state index in [2.05, 4.69) is 10.2 Å². The number of rotatable bonds is 2. The Morgan fingerprint density at radius 3 is 2.71 bits per heavy atom. The molecule has 1 aromatic carbocycles. The summed E-state index contributed by atoms with van der Waals surface area (Å²) in [5.74, 6) is 1.15. The monoisotopic (exact) mass is 242 g/mol. The lowest BCUT2D eigenvalue weighted by molar-refractivity contribution is 0.586. The zero-order valence-electron chi connectivity index (χ0n) is 9.25. The Bertz CT molecular complexity index is 628. The molecule has 0 saturated heterocycles. The maximum Gasteiger partial charge on any atom is 0.258 e. The van der Waals surface area contributed by atoms with Crippen molar-refractivity contribution in [1.29, 1.82) is 0 Å². The Kier molecular flexibility index (Phi) is 2.49. The Balaban J connectivity index is 2.01. The molecule has 0 radical (unpaired) electrons. The fraction of sp³-hybridized carbons (Fsp3) is 0.0769. The van der Waals surface area contributed by atoms with Crippen LogP contribution in [-0.2, 0) is 0 Å². The van der Waals surface area contributed by atoms with Crippen molar-refractivity contribution in [3.05, 3.63) is 47.3 Å². The van der Waals surface area contributed by atoms with Gasteiger partial charge in [0.2, 0.25) is 5.89 Å². The van der Waals surface area contributed by atoms with E-state index in [0.717, 1.165) is 10.4 Å². The molecule has 3 aromatic rings. The third kappa shape index (κ3) is 1.99. The molecule has 0 aliphatic rings. The number of aryl methyl sites for hydroxylation is 1. The standard InChI is InChI=1S/C13H10N2OS/c1-9-4-2-5-10(8-9)12-14-15-13(16-12)11-6-3-7-17-11/h2-8H,1H3. The highest BCUT2D eigenvalue weighted by molar-refractivity contribution is 7.13. The summed E-state index contributed by atoms with van der Waals surface area (Å²) < 4.78 is 5.66. The third-order valence-corrected chi connectivity index (χ3v) is 3.28. The number of hydrogen-bond donors (Lipinski definition) is 0. The molecule has 0 amide bonds. The summed E-state index contributed by atoms with van der Waals surface area (Å²) in [5.41, 5.74) is 2.14. The van der Waals surface area contributed by atoms with E-state index in [-0.39, 0.29) is 0 Å². The van der Waals surface area contributed by atoms with E-state index in [0.29, 0.717) is 11.8 Å². The predicted octanol–water partition coefficient (Wildman–Crippen LogP) is 3.77. The third-order valence-electron chi connectivity index (χ3n) is 2.42. The molecule has 0 aliphatic carbocycles. The first kappa shape index (κ1) is 10.2. The van der Waals surface area contributed by atoms with Crippen molar-refractivity contribution < 1.29 is 4.42 Å². The van der Waals surface area contributed by atoms with Crippen molar-refractivity contribution in [3.63, 3.8) is 0 Å². The lowest BCUT2D eigenvalue weighted by Crippen LogP contribution is -1.78. The zero-order chi connectivity index (χ0) is 11.7. The van der Waals surface area contributed by atoms with Crippen LogP contribution in [0.2, 0.25) is 0 Å². The average Bonchev–Trinajstić information content (AvgIpc) is 3.00. The fourth-order valence-corrected chi connectivity index (χ4v) is 2.26. The van der Waals surface area contributed by atoms with Gasteiger partial charge in [-0.25, -0.2) is 0 Å². The number of benzene rings is 1. The minimum absolute atomic E-state index is 0.567. The van der Waals surface area contributed by atoms with Crippen LogP contribution in [0.25, 0.3) is 22.2 Å². The van der Waals surface area contributed by atoms with Crippen LogP contribution >= 0.6 is 11.3 Å². The zero-order valence-corrected chi connectivity index (χ0v) is 10.1. The molecule has 4 heteroatoms. The van der Waals surface area contributed by atoms with Gasteiger partial charge in [0.05, 0.1) is 4.88 Å². The van der Waals surface area contributed by atoms with Gasteiger partial charge in [0.25, 0.3) is 5.89 Å². The summed E-state index contributed by atoms with van der Waals surface area (Å²) in [6.07, 6.45) is 0. The van der Waals surface area contributed by atoms with E-state index in [9.17, 15) is 0 Å². The smallest absolute Gasteiger partial charge is 0.258 e. The normalized spacial score (nSPS) is 10.6. The summed E-state index contributed by atoms with van der Waals surface area (Å²) in [6.45, 7) is 2.04. The maximum atomic E-state index is 5.66. The van der Waals surface area contributed by atoms with Crippen LogP contribution in [0.3, 0.4) is 0 Å². The lowest BCUT2D eigenvalue weighted by Gasteiger charge is -1.95. The van der Waals surface area contributed by atoms with Gasteiger partial charge in [-0.3, -0.25) is 0 Å². The van der Waals surface area contributed by atoms with E-state index < -0.39 is 0 Å². The molecule has 2 heterocycles. The molecule has 17 heavy (non-hydrogen) atoms. The quantitative estimate of drug-likeness (QED) is 0.686. The van der Waals surface area contributed by atoms with Crippen LogP contribution in [0.15, 0.2) is 46.2 Å². The first-order valence-corrected chi connectivity index (χ1v) is 6.15. The Morgan fingerprint density at radius 2 is 1.94 bits per heavy atom. The summed E-state index contributed by atoms with van der Waals surface area (Å²) >= 11 is 1.59. The molecular weight excluding hydrogens is 232 g/mol.